The van der Waals surface area contributed by atoms with Crippen LogP contribution in [0.2, 0.25) is 0 Å². The lowest BCUT2D eigenvalue weighted by molar-refractivity contribution is 0.0710. The van der Waals surface area contributed by atoms with Crippen molar-refractivity contribution in [3.63, 3.8) is 0 Å². The van der Waals surface area contributed by atoms with Crippen LogP contribution >= 0.6 is 0 Å². The monoisotopic (exact) mass is 268 g/mol. The summed E-state index contributed by atoms with van der Waals surface area (Å²) in [5.41, 5.74) is 0.0955. The minimum absolute atomic E-state index is 0.0955. The van der Waals surface area contributed by atoms with Crippen LogP contribution in [0.25, 0.3) is 0 Å². The number of hydrogen-bond donors (Lipinski definition) is 1. The smallest absolute Gasteiger partial charge is 0.125 e. The van der Waals surface area contributed by atoms with E-state index in [1.807, 2.05) is 6.92 Å². The largest absolute Gasteiger partial charge is 0.374 e. The highest BCUT2D eigenvalue weighted by Gasteiger charge is 2.33. The SMILES string of the molecule is CCCCCCCCC(C)(C)C1=NCCN1C(C)O. The Kier molecular flexibility index (Phi) is 6.84. The number of unbranched alkanes of at least 4 members (excludes halogenated alkanes) is 5. The Hall–Kier alpha value is -0.570. The van der Waals surface area contributed by atoms with Gasteiger partial charge >= 0.3 is 0 Å². The lowest BCUT2D eigenvalue weighted by Crippen LogP contribution is -2.43. The van der Waals surface area contributed by atoms with Crippen molar-refractivity contribution in [3.8, 4) is 0 Å². The molecule has 3 nitrogen and oxygen atoms in total. The van der Waals surface area contributed by atoms with Crippen molar-refractivity contribution in [2.45, 2.75) is 78.9 Å². The lowest BCUT2D eigenvalue weighted by Gasteiger charge is -2.34. The predicted octanol–water partition coefficient (Wildman–Crippen LogP) is 3.82. The maximum Gasteiger partial charge on any atom is 0.125 e. The zero-order valence-corrected chi connectivity index (χ0v) is 13.3. The van der Waals surface area contributed by atoms with Gasteiger partial charge in [-0.1, -0.05) is 59.3 Å². The topological polar surface area (TPSA) is 35.8 Å². The molecule has 1 atom stereocenters. The molecule has 0 aliphatic carbocycles. The van der Waals surface area contributed by atoms with Gasteiger partial charge in [0.05, 0.1) is 6.54 Å². The standard InChI is InChI=1S/C16H32N2O/c1-5-6-7-8-9-10-11-16(3,4)15-17-12-13-18(15)14(2)19/h14,19H,5-13H2,1-4H3. The van der Waals surface area contributed by atoms with E-state index < -0.39 is 6.23 Å². The van der Waals surface area contributed by atoms with Gasteiger partial charge in [0, 0.05) is 12.0 Å². The van der Waals surface area contributed by atoms with Crippen molar-refractivity contribution in [2.75, 3.05) is 13.1 Å². The number of aliphatic imine (C=N–C) groups is 1. The molecule has 0 fully saturated rings. The van der Waals surface area contributed by atoms with E-state index in [0.29, 0.717) is 0 Å². The Morgan fingerprint density at radius 1 is 1.21 bits per heavy atom. The molecule has 3 heteroatoms. The first-order valence-corrected chi connectivity index (χ1v) is 7.98. The Bertz CT molecular complexity index is 284. The van der Waals surface area contributed by atoms with Crippen molar-refractivity contribution >= 4 is 5.84 Å². The van der Waals surface area contributed by atoms with Gasteiger partial charge in [-0.25, -0.2) is 0 Å². The summed E-state index contributed by atoms with van der Waals surface area (Å²) in [4.78, 5) is 6.67. The quantitative estimate of drug-likeness (QED) is 0.645. The van der Waals surface area contributed by atoms with Crippen LogP contribution < -0.4 is 0 Å². The van der Waals surface area contributed by atoms with E-state index in [-0.39, 0.29) is 5.41 Å². The highest BCUT2D eigenvalue weighted by Crippen LogP contribution is 2.30. The summed E-state index contributed by atoms with van der Waals surface area (Å²) in [7, 11) is 0. The normalized spacial score (nSPS) is 17.7. The molecule has 0 aromatic rings. The van der Waals surface area contributed by atoms with Crippen LogP contribution in [0.1, 0.15) is 72.6 Å². The van der Waals surface area contributed by atoms with Gasteiger partial charge in [-0.3, -0.25) is 4.99 Å². The van der Waals surface area contributed by atoms with E-state index in [2.05, 4.69) is 30.7 Å². The van der Waals surface area contributed by atoms with Crippen molar-refractivity contribution in [2.24, 2.45) is 10.4 Å². The maximum atomic E-state index is 9.80. The summed E-state index contributed by atoms with van der Waals surface area (Å²) in [6.45, 7) is 10.3. The lowest BCUT2D eigenvalue weighted by atomic mass is 9.84. The third kappa shape index (κ3) is 5.13. The van der Waals surface area contributed by atoms with E-state index >= 15 is 0 Å². The highest BCUT2D eigenvalue weighted by molar-refractivity contribution is 5.88. The fraction of sp³-hybridized carbons (Fsp3) is 0.938. The van der Waals surface area contributed by atoms with Crippen LogP contribution in [0.15, 0.2) is 4.99 Å². The third-order valence-corrected chi connectivity index (χ3v) is 4.09. The van der Waals surface area contributed by atoms with E-state index in [0.717, 1.165) is 18.9 Å². The average Bonchev–Trinajstić information content (AvgIpc) is 2.83. The Morgan fingerprint density at radius 3 is 2.47 bits per heavy atom. The molecule has 0 amide bonds. The molecule has 0 aromatic carbocycles. The first-order chi connectivity index (χ1) is 8.99. The molecule has 1 aliphatic rings. The maximum absolute atomic E-state index is 9.80. The van der Waals surface area contributed by atoms with Gasteiger partial charge in [-0.2, -0.15) is 0 Å². The number of nitrogens with zero attached hydrogens (tertiary/aromatic N) is 2. The summed E-state index contributed by atoms with van der Waals surface area (Å²) in [6.07, 6.45) is 8.76. The van der Waals surface area contributed by atoms with Crippen molar-refractivity contribution < 1.29 is 5.11 Å². The molecule has 1 heterocycles. The number of aliphatic hydroxyl groups is 1. The molecule has 0 bridgehead atoms. The molecule has 1 N–H and O–H groups in total. The molecule has 1 rings (SSSR count). The number of hydrogen-bond acceptors (Lipinski definition) is 3. The van der Waals surface area contributed by atoms with Crippen molar-refractivity contribution in [3.05, 3.63) is 0 Å². The Balaban J connectivity index is 2.34. The second-order valence-corrected chi connectivity index (χ2v) is 6.43. The molecular formula is C16H32N2O. The third-order valence-electron chi connectivity index (χ3n) is 4.09. The minimum atomic E-state index is -0.412. The van der Waals surface area contributed by atoms with E-state index in [9.17, 15) is 5.11 Å². The molecule has 0 aromatic heterocycles. The molecule has 1 unspecified atom stereocenters. The molecule has 0 saturated heterocycles. The zero-order valence-electron chi connectivity index (χ0n) is 13.3. The summed E-state index contributed by atoms with van der Waals surface area (Å²) in [5.74, 6) is 1.11. The van der Waals surface area contributed by atoms with Crippen LogP contribution in [-0.2, 0) is 0 Å². The molecule has 0 radical (unpaired) electrons. The van der Waals surface area contributed by atoms with E-state index in [1.54, 1.807) is 0 Å². The minimum Gasteiger partial charge on any atom is -0.374 e. The molecule has 19 heavy (non-hydrogen) atoms. The molecular weight excluding hydrogens is 236 g/mol. The summed E-state index contributed by atoms with van der Waals surface area (Å²) >= 11 is 0. The summed E-state index contributed by atoms with van der Waals surface area (Å²) in [6, 6.07) is 0. The van der Waals surface area contributed by atoms with Crippen LogP contribution in [0.4, 0.5) is 0 Å². The first-order valence-electron chi connectivity index (χ1n) is 7.98. The number of aliphatic hydroxyl groups excluding tert-OH is 1. The summed E-state index contributed by atoms with van der Waals surface area (Å²) in [5, 5.41) is 9.80. The van der Waals surface area contributed by atoms with Gasteiger partial charge in [0.15, 0.2) is 0 Å². The van der Waals surface area contributed by atoms with Gasteiger partial charge in [-0.15, -0.1) is 0 Å². The van der Waals surface area contributed by atoms with Gasteiger partial charge in [-0.05, 0) is 13.3 Å². The van der Waals surface area contributed by atoms with Gasteiger partial charge in [0.1, 0.15) is 12.1 Å². The van der Waals surface area contributed by atoms with Crippen LogP contribution in [0.5, 0.6) is 0 Å². The second kappa shape index (κ2) is 7.88. The Morgan fingerprint density at radius 2 is 1.84 bits per heavy atom. The van der Waals surface area contributed by atoms with E-state index in [1.165, 1.54) is 44.9 Å². The zero-order chi connectivity index (χ0) is 14.3. The van der Waals surface area contributed by atoms with Gasteiger partial charge in [0.25, 0.3) is 0 Å². The average molecular weight is 268 g/mol. The molecule has 0 spiro atoms. The van der Waals surface area contributed by atoms with Crippen LogP contribution in [0.3, 0.4) is 0 Å². The van der Waals surface area contributed by atoms with Crippen LogP contribution in [-0.4, -0.2) is 35.2 Å². The summed E-state index contributed by atoms with van der Waals surface area (Å²) < 4.78 is 0. The molecule has 0 saturated carbocycles. The fourth-order valence-corrected chi connectivity index (χ4v) is 2.89. The van der Waals surface area contributed by atoms with E-state index in [4.69, 9.17) is 0 Å². The second-order valence-electron chi connectivity index (χ2n) is 6.43. The van der Waals surface area contributed by atoms with Crippen molar-refractivity contribution in [1.82, 2.24) is 4.90 Å². The van der Waals surface area contributed by atoms with Gasteiger partial charge in [0.2, 0.25) is 0 Å². The predicted molar refractivity (Wildman–Crippen MR) is 82.5 cm³/mol. The van der Waals surface area contributed by atoms with Gasteiger partial charge < -0.3 is 10.0 Å². The molecule has 1 aliphatic heterocycles. The number of amidine groups is 1. The van der Waals surface area contributed by atoms with Crippen LogP contribution in [0, 0.1) is 5.41 Å². The molecule has 112 valence electrons. The Labute approximate surface area is 119 Å². The highest BCUT2D eigenvalue weighted by atomic mass is 16.3. The first kappa shape index (κ1) is 16.5. The van der Waals surface area contributed by atoms with Crippen molar-refractivity contribution in [1.29, 1.82) is 0 Å². The fourth-order valence-electron chi connectivity index (χ4n) is 2.89. The number of rotatable bonds is 9.